The maximum absolute atomic E-state index is 10.8. The molecule has 0 aromatic carbocycles. The number of nitrogens with zero attached hydrogens (tertiary/aromatic N) is 1. The van der Waals surface area contributed by atoms with Crippen molar-refractivity contribution in [2.24, 2.45) is 0 Å². The molecule has 0 N–H and O–H groups in total. The molecule has 0 fully saturated rings. The summed E-state index contributed by atoms with van der Waals surface area (Å²) in [6.45, 7) is 3.85. The second-order valence-electron chi connectivity index (χ2n) is 2.26. The maximum atomic E-state index is 10.8. The van der Waals surface area contributed by atoms with Crippen LogP contribution in [0.1, 0.15) is 26.7 Å². The Morgan fingerprint density at radius 2 is 1.67 bits per heavy atom. The molecular formula is C6H12Br2NO2S-. The molecule has 0 bridgehead atoms. The molecule has 0 saturated carbocycles. The fourth-order valence-electron chi connectivity index (χ4n) is 0.722. The first kappa shape index (κ1) is 13.0. The summed E-state index contributed by atoms with van der Waals surface area (Å²) >= 11 is 4.40. The van der Waals surface area contributed by atoms with Crippen LogP contribution < -0.4 is 0 Å². The fraction of sp³-hybridized carbons (Fsp3) is 1.00. The second kappa shape index (κ2) is 6.48. The van der Waals surface area contributed by atoms with E-state index in [0.717, 1.165) is 12.8 Å². The van der Waals surface area contributed by atoms with Crippen molar-refractivity contribution >= 4 is 43.1 Å². The fourth-order valence-corrected chi connectivity index (χ4v) is 3.10. The van der Waals surface area contributed by atoms with E-state index >= 15 is 0 Å². The van der Waals surface area contributed by atoms with Crippen LogP contribution >= 0.6 is 31.9 Å². The Morgan fingerprint density at radius 1 is 1.33 bits per heavy atom. The molecule has 0 aliphatic carbocycles. The molecule has 0 aromatic heterocycles. The van der Waals surface area contributed by atoms with Crippen molar-refractivity contribution in [2.45, 2.75) is 36.6 Å². The van der Waals surface area contributed by atoms with Gasteiger partial charge in [-0.25, -0.2) is 4.31 Å². The van der Waals surface area contributed by atoms with Crippen molar-refractivity contribution in [3.63, 3.8) is 0 Å². The first-order chi connectivity index (χ1) is 5.54. The van der Waals surface area contributed by atoms with E-state index in [0.29, 0.717) is 0 Å². The first-order valence-corrected chi connectivity index (χ1v) is 6.56. The van der Waals surface area contributed by atoms with Crippen molar-refractivity contribution in [1.82, 2.24) is 4.31 Å². The number of hydrogen-bond acceptors (Lipinski definition) is 2. The van der Waals surface area contributed by atoms with E-state index in [4.69, 9.17) is 0 Å². The molecule has 74 valence electrons. The molecule has 12 heavy (non-hydrogen) atoms. The Hall–Kier alpha value is 1.03. The third-order valence-electron chi connectivity index (χ3n) is 1.40. The van der Waals surface area contributed by atoms with Gasteiger partial charge >= 0.3 is 0 Å². The summed E-state index contributed by atoms with van der Waals surface area (Å²) in [5, 5.41) is 0. The van der Waals surface area contributed by atoms with Crippen molar-refractivity contribution < 1.29 is 8.76 Å². The van der Waals surface area contributed by atoms with E-state index in [1.807, 2.05) is 13.8 Å². The van der Waals surface area contributed by atoms with Crippen LogP contribution in [0.5, 0.6) is 0 Å². The summed E-state index contributed by atoms with van der Waals surface area (Å²) < 4.78 is 22.9. The van der Waals surface area contributed by atoms with Crippen LogP contribution in [0, 0.1) is 0 Å². The molecule has 0 radical (unpaired) electrons. The summed E-state index contributed by atoms with van der Waals surface area (Å²) in [5.74, 6) is 0. The number of hydrogen-bond donors (Lipinski definition) is 0. The highest BCUT2D eigenvalue weighted by Gasteiger charge is 2.20. The van der Waals surface area contributed by atoms with Gasteiger partial charge in [0.15, 0.2) is 0 Å². The first-order valence-electron chi connectivity index (χ1n) is 3.70. The van der Waals surface area contributed by atoms with E-state index < -0.39 is 11.3 Å². The normalized spacial score (nSPS) is 19.2. The SMILES string of the molecule is CCC(Br)N(C(Br)CC)S(=O)[O-]. The molecule has 6 heteroatoms. The summed E-state index contributed by atoms with van der Waals surface area (Å²) in [4.78, 5) is -0.250. The quantitative estimate of drug-likeness (QED) is 0.443. The van der Waals surface area contributed by atoms with Crippen LogP contribution in [0.4, 0.5) is 0 Å². The standard InChI is InChI=1S/C6H13Br2NO2S/c1-3-5(7)9(12(10)11)6(8)4-2/h5-6H,3-4H2,1-2H3,(H,10,11)/p-1. The minimum absolute atomic E-state index is 0.125. The van der Waals surface area contributed by atoms with Crippen LogP contribution in [0.25, 0.3) is 0 Å². The molecule has 0 amide bonds. The molecule has 3 unspecified atom stereocenters. The molecule has 0 aliphatic rings. The van der Waals surface area contributed by atoms with Gasteiger partial charge in [-0.3, -0.25) is 4.21 Å². The van der Waals surface area contributed by atoms with E-state index in [1.165, 1.54) is 4.31 Å². The average molecular weight is 322 g/mol. The molecule has 0 aliphatic heterocycles. The van der Waals surface area contributed by atoms with Crippen molar-refractivity contribution in [3.8, 4) is 0 Å². The van der Waals surface area contributed by atoms with Gasteiger partial charge in [0.1, 0.15) is 0 Å². The Bertz CT molecular complexity index is 148. The van der Waals surface area contributed by atoms with Crippen LogP contribution in [0.15, 0.2) is 0 Å². The molecule has 0 rings (SSSR count). The molecule has 0 spiro atoms. The van der Waals surface area contributed by atoms with Crippen LogP contribution in [0.2, 0.25) is 0 Å². The predicted octanol–water partition coefficient (Wildman–Crippen LogP) is 2.34. The van der Waals surface area contributed by atoms with Gasteiger partial charge in [0.05, 0.1) is 9.90 Å². The smallest absolute Gasteiger partial charge is 0.0775 e. The number of halogens is 2. The monoisotopic (exact) mass is 320 g/mol. The topological polar surface area (TPSA) is 43.4 Å². The highest BCUT2D eigenvalue weighted by atomic mass is 79.9. The molecular weight excluding hydrogens is 310 g/mol. The highest BCUT2D eigenvalue weighted by Crippen LogP contribution is 2.22. The summed E-state index contributed by atoms with van der Waals surface area (Å²) in [7, 11) is 0. The molecule has 0 aromatic rings. The second-order valence-corrected chi connectivity index (χ2v) is 5.23. The van der Waals surface area contributed by atoms with Gasteiger partial charge in [-0.1, -0.05) is 45.7 Å². The predicted molar refractivity (Wildman–Crippen MR) is 56.8 cm³/mol. The lowest BCUT2D eigenvalue weighted by molar-refractivity contribution is 0.354. The van der Waals surface area contributed by atoms with Gasteiger partial charge in [-0.2, -0.15) is 0 Å². The summed E-state index contributed by atoms with van der Waals surface area (Å²) in [6, 6.07) is 0. The Balaban J connectivity index is 4.32. The van der Waals surface area contributed by atoms with Gasteiger partial charge in [0, 0.05) is 11.3 Å². The molecule has 3 atom stereocenters. The average Bonchev–Trinajstić information content (AvgIpc) is 2.03. The lowest BCUT2D eigenvalue weighted by atomic mass is 10.4. The van der Waals surface area contributed by atoms with Gasteiger partial charge in [0.2, 0.25) is 0 Å². The lowest BCUT2D eigenvalue weighted by Crippen LogP contribution is -2.37. The van der Waals surface area contributed by atoms with Crippen LogP contribution in [-0.4, -0.2) is 23.0 Å². The summed E-state index contributed by atoms with van der Waals surface area (Å²) in [5.41, 5.74) is 0. The van der Waals surface area contributed by atoms with Crippen molar-refractivity contribution in [2.75, 3.05) is 0 Å². The number of rotatable bonds is 5. The largest absolute Gasteiger partial charge is 0.760 e. The van der Waals surface area contributed by atoms with Crippen LogP contribution in [0.3, 0.4) is 0 Å². The van der Waals surface area contributed by atoms with E-state index in [-0.39, 0.29) is 9.90 Å². The minimum atomic E-state index is -2.17. The zero-order valence-electron chi connectivity index (χ0n) is 7.00. The Labute approximate surface area is 92.6 Å². The van der Waals surface area contributed by atoms with E-state index in [9.17, 15) is 8.76 Å². The van der Waals surface area contributed by atoms with Gasteiger partial charge in [-0.15, -0.1) is 0 Å². The molecule has 3 nitrogen and oxygen atoms in total. The zero-order valence-corrected chi connectivity index (χ0v) is 11.0. The molecule has 0 heterocycles. The minimum Gasteiger partial charge on any atom is -0.760 e. The van der Waals surface area contributed by atoms with Crippen molar-refractivity contribution in [3.05, 3.63) is 0 Å². The molecule has 0 saturated heterocycles. The Morgan fingerprint density at radius 3 is 1.83 bits per heavy atom. The highest BCUT2D eigenvalue weighted by molar-refractivity contribution is 9.10. The van der Waals surface area contributed by atoms with Gasteiger partial charge in [-0.05, 0) is 12.8 Å². The maximum Gasteiger partial charge on any atom is 0.0775 e. The van der Waals surface area contributed by atoms with Gasteiger partial charge in [0.25, 0.3) is 0 Å². The van der Waals surface area contributed by atoms with E-state index in [1.54, 1.807) is 0 Å². The van der Waals surface area contributed by atoms with Gasteiger partial charge < -0.3 is 4.55 Å². The van der Waals surface area contributed by atoms with Crippen LogP contribution in [-0.2, 0) is 11.3 Å². The van der Waals surface area contributed by atoms with Crippen molar-refractivity contribution in [1.29, 1.82) is 0 Å². The third-order valence-corrected chi connectivity index (χ3v) is 4.97. The number of alkyl halides is 2. The third kappa shape index (κ3) is 3.83. The Kier molecular flexibility index (Phi) is 7.03. The zero-order chi connectivity index (χ0) is 9.72. The summed E-state index contributed by atoms with van der Waals surface area (Å²) in [6.07, 6.45) is 1.49. The van der Waals surface area contributed by atoms with E-state index in [2.05, 4.69) is 31.9 Å². The lowest BCUT2D eigenvalue weighted by Gasteiger charge is -2.32.